The first kappa shape index (κ1) is 36.9. The SMILES string of the molecule is CC(C)(C)OC(=O)N1CCCC1C(=O)OCC(=O)c1ccc(Oc2ccc(C(=O)COC(=O)C3CCCN3C(=O)OC(C)(C)C)cc2)cc1. The third-order valence-electron chi connectivity index (χ3n) is 7.59. The topological polar surface area (TPSA) is 155 Å². The van der Waals surface area contributed by atoms with Crippen molar-refractivity contribution in [2.75, 3.05) is 26.3 Å². The lowest BCUT2D eigenvalue weighted by atomic mass is 10.1. The smallest absolute Gasteiger partial charge is 0.411 e. The predicted octanol–water partition coefficient (Wildman–Crippen LogP) is 5.73. The van der Waals surface area contributed by atoms with Crippen molar-refractivity contribution in [3.63, 3.8) is 0 Å². The quantitative estimate of drug-likeness (QED) is 0.172. The molecule has 0 bridgehead atoms. The number of Topliss-reactive ketones (excluding diaryl/α,β-unsaturated/α-hetero) is 2. The molecule has 2 aliphatic rings. The maximum Gasteiger partial charge on any atom is 0.411 e. The molecule has 2 aliphatic heterocycles. The van der Waals surface area contributed by atoms with Gasteiger partial charge < -0.3 is 23.7 Å². The van der Waals surface area contributed by atoms with Crippen LogP contribution in [-0.2, 0) is 28.5 Å². The summed E-state index contributed by atoms with van der Waals surface area (Å²) < 4.78 is 27.1. The van der Waals surface area contributed by atoms with Crippen LogP contribution in [0.2, 0.25) is 0 Å². The summed E-state index contributed by atoms with van der Waals surface area (Å²) >= 11 is 0. The predicted molar refractivity (Wildman–Crippen MR) is 175 cm³/mol. The fourth-order valence-electron chi connectivity index (χ4n) is 5.29. The number of rotatable bonds is 10. The first-order valence-corrected chi connectivity index (χ1v) is 16.3. The van der Waals surface area contributed by atoms with Crippen LogP contribution in [0.3, 0.4) is 0 Å². The molecule has 13 nitrogen and oxygen atoms in total. The van der Waals surface area contributed by atoms with Gasteiger partial charge in [-0.05, 0) is 116 Å². The van der Waals surface area contributed by atoms with Crippen LogP contribution in [-0.4, -0.2) is 95.1 Å². The van der Waals surface area contributed by atoms with Crippen LogP contribution in [0.15, 0.2) is 48.5 Å². The molecule has 0 radical (unpaired) electrons. The Hall–Kier alpha value is -4.94. The molecule has 264 valence electrons. The lowest BCUT2D eigenvalue weighted by Crippen LogP contribution is -2.44. The van der Waals surface area contributed by atoms with Crippen LogP contribution in [0.1, 0.15) is 87.9 Å². The number of hydrogen-bond donors (Lipinski definition) is 0. The lowest BCUT2D eigenvalue weighted by Gasteiger charge is -2.27. The minimum atomic E-state index is -0.802. The molecule has 2 aromatic carbocycles. The van der Waals surface area contributed by atoms with E-state index >= 15 is 0 Å². The van der Waals surface area contributed by atoms with E-state index in [0.29, 0.717) is 61.4 Å². The van der Waals surface area contributed by atoms with E-state index in [9.17, 15) is 28.8 Å². The number of benzene rings is 2. The van der Waals surface area contributed by atoms with Crippen LogP contribution >= 0.6 is 0 Å². The van der Waals surface area contributed by atoms with Gasteiger partial charge >= 0.3 is 24.1 Å². The van der Waals surface area contributed by atoms with E-state index in [0.717, 1.165) is 0 Å². The van der Waals surface area contributed by atoms with Crippen molar-refractivity contribution in [1.82, 2.24) is 9.80 Å². The summed E-state index contributed by atoms with van der Waals surface area (Å²) in [4.78, 5) is 78.3. The standard InChI is InChI=1S/C36H44N2O11/c1-35(2,3)48-33(43)37-19-7-9-27(37)31(41)45-21-29(39)23-11-15-25(16-12-23)47-26-17-13-24(14-18-26)30(40)22-46-32(42)28-10-8-20-38(28)34(44)49-36(4,5)6/h11-18,27-28H,7-10,19-22H2,1-6H3. The van der Waals surface area contributed by atoms with E-state index in [1.165, 1.54) is 34.1 Å². The summed E-state index contributed by atoms with van der Waals surface area (Å²) in [5, 5.41) is 0. The Morgan fingerprint density at radius 2 is 0.939 bits per heavy atom. The van der Waals surface area contributed by atoms with Gasteiger partial charge in [-0.15, -0.1) is 0 Å². The van der Waals surface area contributed by atoms with Crippen LogP contribution in [0.25, 0.3) is 0 Å². The molecule has 0 spiro atoms. The number of ether oxygens (including phenoxy) is 5. The molecule has 0 N–H and O–H groups in total. The molecule has 49 heavy (non-hydrogen) atoms. The highest BCUT2D eigenvalue weighted by atomic mass is 16.6. The van der Waals surface area contributed by atoms with Gasteiger partial charge in [-0.25, -0.2) is 19.2 Å². The van der Waals surface area contributed by atoms with Gasteiger partial charge in [-0.3, -0.25) is 19.4 Å². The van der Waals surface area contributed by atoms with Crippen molar-refractivity contribution in [3.05, 3.63) is 59.7 Å². The van der Waals surface area contributed by atoms with Crippen LogP contribution in [0, 0.1) is 0 Å². The van der Waals surface area contributed by atoms with Crippen molar-refractivity contribution in [2.24, 2.45) is 0 Å². The second-order valence-electron chi connectivity index (χ2n) is 13.9. The van der Waals surface area contributed by atoms with Crippen molar-refractivity contribution in [2.45, 2.75) is 90.5 Å². The van der Waals surface area contributed by atoms with E-state index < -0.39 is 72.2 Å². The minimum absolute atomic E-state index is 0.304. The molecule has 0 saturated carbocycles. The average molecular weight is 681 g/mol. The number of likely N-dealkylation sites (tertiary alicyclic amines) is 2. The zero-order chi connectivity index (χ0) is 35.9. The molecule has 0 aliphatic carbocycles. The molecule has 2 amide bonds. The number of ketones is 2. The third-order valence-corrected chi connectivity index (χ3v) is 7.59. The van der Waals surface area contributed by atoms with Gasteiger partial charge in [0.1, 0.15) is 34.8 Å². The maximum absolute atomic E-state index is 12.7. The summed E-state index contributed by atoms with van der Waals surface area (Å²) in [6.45, 7) is 10.2. The van der Waals surface area contributed by atoms with Crippen molar-refractivity contribution in [3.8, 4) is 11.5 Å². The molecule has 13 heteroatoms. The van der Waals surface area contributed by atoms with Gasteiger partial charge in [0.05, 0.1) is 0 Å². The molecule has 4 rings (SSSR count). The van der Waals surface area contributed by atoms with Crippen LogP contribution in [0.4, 0.5) is 9.59 Å². The normalized spacial score (nSPS) is 17.7. The van der Waals surface area contributed by atoms with E-state index in [-0.39, 0.29) is 0 Å². The first-order chi connectivity index (χ1) is 23.0. The van der Waals surface area contributed by atoms with E-state index in [1.54, 1.807) is 65.8 Å². The Balaban J connectivity index is 1.23. The molecular weight excluding hydrogens is 636 g/mol. The number of nitrogens with zero attached hydrogens (tertiary/aromatic N) is 2. The van der Waals surface area contributed by atoms with Crippen molar-refractivity contribution < 1.29 is 52.5 Å². The molecule has 0 aromatic heterocycles. The van der Waals surface area contributed by atoms with Gasteiger partial charge in [0.25, 0.3) is 0 Å². The van der Waals surface area contributed by atoms with Crippen molar-refractivity contribution in [1.29, 1.82) is 0 Å². The molecule has 2 saturated heterocycles. The van der Waals surface area contributed by atoms with E-state index in [2.05, 4.69) is 0 Å². The monoisotopic (exact) mass is 680 g/mol. The molecule has 2 aromatic rings. The minimum Gasteiger partial charge on any atom is -0.457 e. The number of amides is 2. The summed E-state index contributed by atoms with van der Waals surface area (Å²) in [5.74, 6) is -1.31. The number of hydrogen-bond acceptors (Lipinski definition) is 11. The number of carbonyl (C=O) groups excluding carboxylic acids is 6. The summed E-state index contributed by atoms with van der Waals surface area (Å²) in [6, 6.07) is 10.9. The fraction of sp³-hybridized carbons (Fsp3) is 0.500. The highest BCUT2D eigenvalue weighted by Crippen LogP contribution is 2.25. The van der Waals surface area contributed by atoms with Gasteiger partial charge in [0.2, 0.25) is 0 Å². The first-order valence-electron chi connectivity index (χ1n) is 16.3. The Morgan fingerprint density at radius 1 is 0.592 bits per heavy atom. The third kappa shape index (κ3) is 10.5. The van der Waals surface area contributed by atoms with Gasteiger partial charge in [0, 0.05) is 24.2 Å². The van der Waals surface area contributed by atoms with Crippen LogP contribution < -0.4 is 4.74 Å². The Bertz CT molecular complexity index is 1420. The molecular formula is C36H44N2O11. The average Bonchev–Trinajstić information content (AvgIpc) is 3.72. The largest absolute Gasteiger partial charge is 0.457 e. The summed E-state index contributed by atoms with van der Waals surface area (Å²) in [7, 11) is 0. The van der Waals surface area contributed by atoms with Gasteiger partial charge in [0.15, 0.2) is 24.8 Å². The molecule has 2 fully saturated rings. The fourth-order valence-corrected chi connectivity index (χ4v) is 5.29. The second kappa shape index (κ2) is 15.5. The van der Waals surface area contributed by atoms with Crippen molar-refractivity contribution >= 4 is 35.7 Å². The van der Waals surface area contributed by atoms with E-state index in [4.69, 9.17) is 23.7 Å². The van der Waals surface area contributed by atoms with E-state index in [1.807, 2.05) is 0 Å². The number of esters is 2. The Labute approximate surface area is 285 Å². The summed E-state index contributed by atoms with van der Waals surface area (Å²) in [5.41, 5.74) is -0.797. The van der Waals surface area contributed by atoms with Gasteiger partial charge in [-0.2, -0.15) is 0 Å². The molecule has 2 atom stereocenters. The second-order valence-corrected chi connectivity index (χ2v) is 13.9. The van der Waals surface area contributed by atoms with Crippen LogP contribution in [0.5, 0.6) is 11.5 Å². The molecule has 2 unspecified atom stereocenters. The summed E-state index contributed by atoms with van der Waals surface area (Å²) in [6.07, 6.45) is 0.922. The zero-order valence-corrected chi connectivity index (χ0v) is 28.8. The Morgan fingerprint density at radius 3 is 1.27 bits per heavy atom. The van der Waals surface area contributed by atoms with Gasteiger partial charge in [-0.1, -0.05) is 0 Å². The highest BCUT2D eigenvalue weighted by molar-refractivity contribution is 5.99. The maximum atomic E-state index is 12.7. The lowest BCUT2D eigenvalue weighted by molar-refractivity contribution is -0.148. The zero-order valence-electron chi connectivity index (χ0n) is 28.8. The Kier molecular flexibility index (Phi) is 11.7. The molecule has 2 heterocycles. The highest BCUT2D eigenvalue weighted by Gasteiger charge is 2.39. The number of carbonyl (C=O) groups is 6.